The van der Waals surface area contributed by atoms with Crippen LogP contribution in [0.2, 0.25) is 5.02 Å². The predicted molar refractivity (Wildman–Crippen MR) is 66.3 cm³/mol. The summed E-state index contributed by atoms with van der Waals surface area (Å²) in [5.74, 6) is 2.22. The van der Waals surface area contributed by atoms with Crippen LogP contribution in [0.1, 0.15) is 11.1 Å². The van der Waals surface area contributed by atoms with E-state index in [0.717, 1.165) is 23.1 Å². The monoisotopic (exact) mass is 229 g/mol. The van der Waals surface area contributed by atoms with Crippen molar-refractivity contribution in [3.8, 4) is 0 Å². The normalized spacial score (nSPS) is 10.5. The molecule has 1 aromatic carbocycles. The molecule has 0 atom stereocenters. The summed E-state index contributed by atoms with van der Waals surface area (Å²) in [4.78, 5) is 0. The summed E-state index contributed by atoms with van der Waals surface area (Å²) in [6.07, 6.45) is 0. The maximum Gasteiger partial charge on any atom is 0.0435 e. The molecule has 0 fully saturated rings. The number of halogens is 1. The highest BCUT2D eigenvalue weighted by Gasteiger charge is 1.97. The van der Waals surface area contributed by atoms with E-state index >= 15 is 0 Å². The summed E-state index contributed by atoms with van der Waals surface area (Å²) in [5.41, 5.74) is 2.52. The standard InChI is InChI=1S/C11H16ClNS/c1-9-7-10(3-4-11(9)12)8-14-6-5-13-2/h3-4,7,13H,5-6,8H2,1-2H3. The van der Waals surface area contributed by atoms with Crippen molar-refractivity contribution in [2.24, 2.45) is 0 Å². The first kappa shape index (κ1) is 11.9. The molecule has 1 N–H and O–H groups in total. The molecule has 0 aliphatic carbocycles. The molecule has 1 nitrogen and oxygen atoms in total. The summed E-state index contributed by atoms with van der Waals surface area (Å²) in [7, 11) is 1.98. The predicted octanol–water partition coefficient (Wildman–Crippen LogP) is 3.10. The van der Waals surface area contributed by atoms with Gasteiger partial charge >= 0.3 is 0 Å². The zero-order valence-electron chi connectivity index (χ0n) is 8.64. The van der Waals surface area contributed by atoms with Crippen molar-refractivity contribution in [2.75, 3.05) is 19.3 Å². The Kier molecular flexibility index (Phi) is 5.38. The minimum Gasteiger partial charge on any atom is -0.319 e. The molecule has 78 valence electrons. The molecule has 0 unspecified atom stereocenters. The van der Waals surface area contributed by atoms with Crippen LogP contribution in [0, 0.1) is 6.92 Å². The van der Waals surface area contributed by atoms with Gasteiger partial charge in [-0.3, -0.25) is 0 Å². The number of nitrogens with one attached hydrogen (secondary N) is 1. The maximum atomic E-state index is 5.95. The summed E-state index contributed by atoms with van der Waals surface area (Å²) < 4.78 is 0. The lowest BCUT2D eigenvalue weighted by atomic mass is 10.2. The van der Waals surface area contributed by atoms with Crippen molar-refractivity contribution in [2.45, 2.75) is 12.7 Å². The molecule has 3 heteroatoms. The number of aryl methyl sites for hydroxylation is 1. The summed E-state index contributed by atoms with van der Waals surface area (Å²) in [6, 6.07) is 6.24. The number of hydrogen-bond acceptors (Lipinski definition) is 2. The Morgan fingerprint density at radius 1 is 1.43 bits per heavy atom. The van der Waals surface area contributed by atoms with Gasteiger partial charge in [0.15, 0.2) is 0 Å². The van der Waals surface area contributed by atoms with Gasteiger partial charge in [0.05, 0.1) is 0 Å². The van der Waals surface area contributed by atoms with E-state index in [1.165, 1.54) is 11.1 Å². The van der Waals surface area contributed by atoms with Crippen LogP contribution >= 0.6 is 23.4 Å². The second kappa shape index (κ2) is 6.33. The lowest BCUT2D eigenvalue weighted by Crippen LogP contribution is -2.09. The van der Waals surface area contributed by atoms with E-state index in [4.69, 9.17) is 11.6 Å². The highest BCUT2D eigenvalue weighted by molar-refractivity contribution is 7.98. The maximum absolute atomic E-state index is 5.95. The fourth-order valence-corrected chi connectivity index (χ4v) is 2.19. The highest BCUT2D eigenvalue weighted by Crippen LogP contribution is 2.19. The first-order valence-corrected chi connectivity index (χ1v) is 6.24. The van der Waals surface area contributed by atoms with Gasteiger partial charge in [0.25, 0.3) is 0 Å². The Bertz CT molecular complexity index is 289. The van der Waals surface area contributed by atoms with Crippen molar-refractivity contribution >= 4 is 23.4 Å². The van der Waals surface area contributed by atoms with Gasteiger partial charge in [-0.15, -0.1) is 0 Å². The van der Waals surface area contributed by atoms with Crippen LogP contribution in [0.5, 0.6) is 0 Å². The van der Waals surface area contributed by atoms with Crippen LogP contribution in [0.25, 0.3) is 0 Å². The number of rotatable bonds is 5. The number of hydrogen-bond donors (Lipinski definition) is 1. The van der Waals surface area contributed by atoms with Crippen molar-refractivity contribution in [1.82, 2.24) is 5.32 Å². The quantitative estimate of drug-likeness (QED) is 0.779. The molecule has 1 rings (SSSR count). The van der Waals surface area contributed by atoms with Crippen molar-refractivity contribution in [3.63, 3.8) is 0 Å². The minimum absolute atomic E-state index is 0.856. The lowest BCUT2D eigenvalue weighted by Gasteiger charge is -2.04. The van der Waals surface area contributed by atoms with E-state index in [2.05, 4.69) is 17.4 Å². The van der Waals surface area contributed by atoms with Crippen molar-refractivity contribution < 1.29 is 0 Å². The molecule has 0 spiro atoms. The molecule has 14 heavy (non-hydrogen) atoms. The molecule has 0 amide bonds. The zero-order chi connectivity index (χ0) is 10.4. The van der Waals surface area contributed by atoms with Gasteiger partial charge in [-0.1, -0.05) is 23.7 Å². The van der Waals surface area contributed by atoms with E-state index in [-0.39, 0.29) is 0 Å². The van der Waals surface area contributed by atoms with Crippen LogP contribution in [0.4, 0.5) is 0 Å². The largest absolute Gasteiger partial charge is 0.319 e. The Hall–Kier alpha value is -0.180. The first-order valence-electron chi connectivity index (χ1n) is 4.71. The van der Waals surface area contributed by atoms with E-state index in [1.807, 2.05) is 31.8 Å². The van der Waals surface area contributed by atoms with E-state index in [0.29, 0.717) is 0 Å². The van der Waals surface area contributed by atoms with Gasteiger partial charge in [-0.2, -0.15) is 11.8 Å². The molecule has 0 saturated heterocycles. The SMILES string of the molecule is CNCCSCc1ccc(Cl)c(C)c1. The molecule has 0 bridgehead atoms. The third kappa shape index (κ3) is 3.91. The van der Waals surface area contributed by atoms with Gasteiger partial charge in [-0.25, -0.2) is 0 Å². The molecular weight excluding hydrogens is 214 g/mol. The lowest BCUT2D eigenvalue weighted by molar-refractivity contribution is 0.872. The molecular formula is C11H16ClNS. The van der Waals surface area contributed by atoms with Gasteiger partial charge < -0.3 is 5.32 Å². The highest BCUT2D eigenvalue weighted by atomic mass is 35.5. The summed E-state index contributed by atoms with van der Waals surface area (Å²) >= 11 is 7.89. The molecule has 1 aromatic rings. The number of thioether (sulfide) groups is 1. The third-order valence-electron chi connectivity index (χ3n) is 1.99. The van der Waals surface area contributed by atoms with Crippen LogP contribution in [-0.2, 0) is 5.75 Å². The van der Waals surface area contributed by atoms with Gasteiger partial charge in [-0.05, 0) is 31.2 Å². The van der Waals surface area contributed by atoms with E-state index in [9.17, 15) is 0 Å². The third-order valence-corrected chi connectivity index (χ3v) is 3.44. The second-order valence-electron chi connectivity index (χ2n) is 3.24. The molecule has 0 aliphatic heterocycles. The summed E-state index contributed by atoms with van der Waals surface area (Å²) in [5, 5.41) is 3.99. The Morgan fingerprint density at radius 3 is 2.86 bits per heavy atom. The van der Waals surface area contributed by atoms with Crippen LogP contribution in [-0.4, -0.2) is 19.3 Å². The van der Waals surface area contributed by atoms with Crippen molar-refractivity contribution in [3.05, 3.63) is 34.3 Å². The summed E-state index contributed by atoms with van der Waals surface area (Å²) in [6.45, 7) is 3.11. The molecule has 0 heterocycles. The Labute approximate surface area is 95.2 Å². The Morgan fingerprint density at radius 2 is 2.21 bits per heavy atom. The smallest absolute Gasteiger partial charge is 0.0435 e. The van der Waals surface area contributed by atoms with Crippen molar-refractivity contribution in [1.29, 1.82) is 0 Å². The van der Waals surface area contributed by atoms with Gasteiger partial charge in [0, 0.05) is 23.1 Å². The fraction of sp³-hybridized carbons (Fsp3) is 0.455. The van der Waals surface area contributed by atoms with Gasteiger partial charge in [0.2, 0.25) is 0 Å². The van der Waals surface area contributed by atoms with Crippen LogP contribution in [0.15, 0.2) is 18.2 Å². The molecule has 0 radical (unpaired) electrons. The molecule has 0 aromatic heterocycles. The average molecular weight is 230 g/mol. The van der Waals surface area contributed by atoms with E-state index < -0.39 is 0 Å². The number of benzene rings is 1. The molecule has 0 saturated carbocycles. The zero-order valence-corrected chi connectivity index (χ0v) is 10.2. The minimum atomic E-state index is 0.856. The molecule has 0 aliphatic rings. The second-order valence-corrected chi connectivity index (χ2v) is 4.75. The fourth-order valence-electron chi connectivity index (χ4n) is 1.16. The van der Waals surface area contributed by atoms with Crippen LogP contribution in [0.3, 0.4) is 0 Å². The van der Waals surface area contributed by atoms with Crippen LogP contribution < -0.4 is 5.32 Å². The topological polar surface area (TPSA) is 12.0 Å². The van der Waals surface area contributed by atoms with E-state index in [1.54, 1.807) is 0 Å². The Balaban J connectivity index is 2.39. The van der Waals surface area contributed by atoms with Gasteiger partial charge in [0.1, 0.15) is 0 Å². The average Bonchev–Trinajstić information content (AvgIpc) is 2.18. The first-order chi connectivity index (χ1) is 6.74.